The largest absolute Gasteiger partial charge is 0.504 e. The average molecular weight is 184 g/mol. The third kappa shape index (κ3) is 1.12. The van der Waals surface area contributed by atoms with Gasteiger partial charge in [-0.1, -0.05) is 17.7 Å². The molecular formula is C9H10ClNO. The number of fused-ring (bicyclic) bond motifs is 1. The zero-order valence-electron chi connectivity index (χ0n) is 6.60. The van der Waals surface area contributed by atoms with Crippen molar-refractivity contribution in [1.29, 1.82) is 0 Å². The summed E-state index contributed by atoms with van der Waals surface area (Å²) in [6.07, 6.45) is 2.14. The molecule has 12 heavy (non-hydrogen) atoms. The Bertz CT molecular complexity index is 312. The molecule has 2 nitrogen and oxygen atoms in total. The van der Waals surface area contributed by atoms with Gasteiger partial charge in [0, 0.05) is 6.54 Å². The van der Waals surface area contributed by atoms with Crippen molar-refractivity contribution in [3.8, 4) is 5.75 Å². The summed E-state index contributed by atoms with van der Waals surface area (Å²) >= 11 is 5.76. The quantitative estimate of drug-likeness (QED) is 0.606. The Morgan fingerprint density at radius 3 is 3.08 bits per heavy atom. The zero-order valence-corrected chi connectivity index (χ0v) is 7.36. The van der Waals surface area contributed by atoms with Gasteiger partial charge in [-0.05, 0) is 24.5 Å². The monoisotopic (exact) mass is 183 g/mol. The van der Waals surface area contributed by atoms with E-state index in [4.69, 9.17) is 11.6 Å². The van der Waals surface area contributed by atoms with Crippen LogP contribution in [-0.4, -0.2) is 11.7 Å². The molecule has 0 saturated heterocycles. The molecule has 0 fully saturated rings. The van der Waals surface area contributed by atoms with Crippen LogP contribution in [-0.2, 0) is 6.42 Å². The third-order valence-electron chi connectivity index (χ3n) is 2.14. The summed E-state index contributed by atoms with van der Waals surface area (Å²) in [4.78, 5) is 0. The van der Waals surface area contributed by atoms with Gasteiger partial charge in [-0.15, -0.1) is 0 Å². The zero-order chi connectivity index (χ0) is 8.55. The molecule has 2 rings (SSSR count). The van der Waals surface area contributed by atoms with Gasteiger partial charge < -0.3 is 10.4 Å². The van der Waals surface area contributed by atoms with Gasteiger partial charge in [0.2, 0.25) is 0 Å². The van der Waals surface area contributed by atoms with Crippen LogP contribution in [0, 0.1) is 0 Å². The number of aromatic hydroxyl groups is 1. The number of nitrogens with one attached hydrogen (secondary N) is 1. The SMILES string of the molecule is Oc1c(Cl)ccc2c1NCCC2. The Hall–Kier alpha value is -0.890. The van der Waals surface area contributed by atoms with E-state index in [-0.39, 0.29) is 5.75 Å². The smallest absolute Gasteiger partial charge is 0.157 e. The Kier molecular flexibility index (Phi) is 1.85. The fourth-order valence-corrected chi connectivity index (χ4v) is 1.66. The fourth-order valence-electron chi connectivity index (χ4n) is 1.51. The Morgan fingerprint density at radius 2 is 2.25 bits per heavy atom. The number of anilines is 1. The summed E-state index contributed by atoms with van der Waals surface area (Å²) in [5.74, 6) is 0.189. The predicted molar refractivity (Wildman–Crippen MR) is 49.9 cm³/mol. The number of phenols is 1. The molecule has 0 bridgehead atoms. The normalized spacial score (nSPS) is 15.1. The lowest BCUT2D eigenvalue weighted by molar-refractivity contribution is 0.475. The highest BCUT2D eigenvalue weighted by molar-refractivity contribution is 6.32. The first-order chi connectivity index (χ1) is 5.79. The number of benzene rings is 1. The Morgan fingerprint density at radius 1 is 1.42 bits per heavy atom. The van der Waals surface area contributed by atoms with Gasteiger partial charge in [-0.2, -0.15) is 0 Å². The number of aryl methyl sites for hydroxylation is 1. The minimum atomic E-state index is 0.189. The molecule has 64 valence electrons. The summed E-state index contributed by atoms with van der Waals surface area (Å²) in [6, 6.07) is 3.70. The molecule has 0 radical (unpaired) electrons. The van der Waals surface area contributed by atoms with Gasteiger partial charge in [0.15, 0.2) is 5.75 Å². The number of halogens is 1. The van der Waals surface area contributed by atoms with Crippen molar-refractivity contribution in [1.82, 2.24) is 0 Å². The van der Waals surface area contributed by atoms with Gasteiger partial charge in [-0.3, -0.25) is 0 Å². The first kappa shape index (κ1) is 7.74. The second kappa shape index (κ2) is 2.87. The molecule has 1 aromatic carbocycles. The van der Waals surface area contributed by atoms with E-state index in [0.29, 0.717) is 5.02 Å². The van der Waals surface area contributed by atoms with Crippen molar-refractivity contribution in [3.63, 3.8) is 0 Å². The van der Waals surface area contributed by atoms with Crippen molar-refractivity contribution >= 4 is 17.3 Å². The topological polar surface area (TPSA) is 32.3 Å². The average Bonchev–Trinajstić information content (AvgIpc) is 2.12. The maximum Gasteiger partial charge on any atom is 0.157 e. The van der Waals surface area contributed by atoms with Gasteiger partial charge in [-0.25, -0.2) is 0 Å². The third-order valence-corrected chi connectivity index (χ3v) is 2.44. The van der Waals surface area contributed by atoms with Crippen LogP contribution < -0.4 is 5.32 Å². The highest BCUT2D eigenvalue weighted by Gasteiger charge is 2.13. The highest BCUT2D eigenvalue weighted by atomic mass is 35.5. The Balaban J connectivity index is 2.54. The van der Waals surface area contributed by atoms with Crippen molar-refractivity contribution < 1.29 is 5.11 Å². The van der Waals surface area contributed by atoms with Gasteiger partial charge >= 0.3 is 0 Å². The molecule has 2 N–H and O–H groups in total. The summed E-state index contributed by atoms with van der Waals surface area (Å²) in [7, 11) is 0. The Labute approximate surface area is 76.2 Å². The van der Waals surface area contributed by atoms with Crippen LogP contribution in [0.1, 0.15) is 12.0 Å². The van der Waals surface area contributed by atoms with E-state index in [1.54, 1.807) is 6.07 Å². The van der Waals surface area contributed by atoms with E-state index in [9.17, 15) is 5.11 Å². The molecular weight excluding hydrogens is 174 g/mol. The van der Waals surface area contributed by atoms with E-state index in [1.165, 1.54) is 0 Å². The standard InChI is InChI=1S/C9H10ClNO/c10-7-4-3-6-2-1-5-11-8(6)9(7)12/h3-4,11-12H,1-2,5H2. The number of phenolic OH excluding ortho intramolecular Hbond substituents is 1. The molecule has 0 spiro atoms. The molecule has 1 aliphatic heterocycles. The first-order valence-corrected chi connectivity index (χ1v) is 4.41. The summed E-state index contributed by atoms with van der Waals surface area (Å²) in [6.45, 7) is 0.918. The first-order valence-electron chi connectivity index (χ1n) is 4.03. The maximum atomic E-state index is 9.55. The van der Waals surface area contributed by atoms with Crippen LogP contribution in [0.2, 0.25) is 5.02 Å². The van der Waals surface area contributed by atoms with Gasteiger partial charge in [0.05, 0.1) is 10.7 Å². The van der Waals surface area contributed by atoms with Crippen molar-refractivity contribution in [2.24, 2.45) is 0 Å². The van der Waals surface area contributed by atoms with Crippen LogP contribution in [0.15, 0.2) is 12.1 Å². The van der Waals surface area contributed by atoms with Crippen molar-refractivity contribution in [2.75, 3.05) is 11.9 Å². The van der Waals surface area contributed by atoms with E-state index < -0.39 is 0 Å². The highest BCUT2D eigenvalue weighted by Crippen LogP contribution is 2.36. The van der Waals surface area contributed by atoms with Crippen LogP contribution in [0.25, 0.3) is 0 Å². The van der Waals surface area contributed by atoms with Crippen LogP contribution >= 0.6 is 11.6 Å². The molecule has 0 aromatic heterocycles. The van der Waals surface area contributed by atoms with Crippen molar-refractivity contribution in [2.45, 2.75) is 12.8 Å². The number of rotatable bonds is 0. The lowest BCUT2D eigenvalue weighted by atomic mass is 10.0. The maximum absolute atomic E-state index is 9.55. The second-order valence-corrected chi connectivity index (χ2v) is 3.37. The lowest BCUT2D eigenvalue weighted by Crippen LogP contribution is -2.11. The minimum absolute atomic E-state index is 0.189. The lowest BCUT2D eigenvalue weighted by Gasteiger charge is -2.19. The second-order valence-electron chi connectivity index (χ2n) is 2.96. The molecule has 3 heteroatoms. The van der Waals surface area contributed by atoms with E-state index in [1.807, 2.05) is 6.07 Å². The molecule has 1 heterocycles. The predicted octanol–water partition coefficient (Wildman–Crippen LogP) is 2.40. The summed E-state index contributed by atoms with van der Waals surface area (Å²) in [5.41, 5.74) is 1.97. The summed E-state index contributed by atoms with van der Waals surface area (Å²) in [5, 5.41) is 13.1. The molecule has 0 atom stereocenters. The van der Waals surface area contributed by atoms with E-state index >= 15 is 0 Å². The van der Waals surface area contributed by atoms with E-state index in [2.05, 4.69) is 5.32 Å². The number of hydrogen-bond donors (Lipinski definition) is 2. The molecule has 1 aliphatic rings. The van der Waals surface area contributed by atoms with Crippen molar-refractivity contribution in [3.05, 3.63) is 22.7 Å². The summed E-state index contributed by atoms with van der Waals surface area (Å²) < 4.78 is 0. The fraction of sp³-hybridized carbons (Fsp3) is 0.333. The molecule has 0 unspecified atom stereocenters. The molecule has 0 amide bonds. The van der Waals surface area contributed by atoms with Crippen LogP contribution in [0.4, 0.5) is 5.69 Å². The molecule has 0 aliphatic carbocycles. The van der Waals surface area contributed by atoms with E-state index in [0.717, 1.165) is 30.6 Å². The number of hydrogen-bond acceptors (Lipinski definition) is 2. The van der Waals surface area contributed by atoms with Crippen LogP contribution in [0.5, 0.6) is 5.75 Å². The minimum Gasteiger partial charge on any atom is -0.504 e. The van der Waals surface area contributed by atoms with Crippen LogP contribution in [0.3, 0.4) is 0 Å². The van der Waals surface area contributed by atoms with Gasteiger partial charge in [0.25, 0.3) is 0 Å². The molecule has 1 aromatic rings. The van der Waals surface area contributed by atoms with Gasteiger partial charge in [0.1, 0.15) is 0 Å². The molecule has 0 saturated carbocycles.